The molecule has 37 heavy (non-hydrogen) atoms. The average molecular weight is 578 g/mol. The highest BCUT2D eigenvalue weighted by Gasteiger charge is 2.43. The Labute approximate surface area is 208 Å². The van der Waals surface area contributed by atoms with E-state index in [1.54, 1.807) is 0 Å². The van der Waals surface area contributed by atoms with Gasteiger partial charge in [-0.1, -0.05) is 29.3 Å². The van der Waals surface area contributed by atoms with Crippen molar-refractivity contribution in [2.45, 2.75) is 18.5 Å². The standard InChI is InChI=1S/C20H7Cl2F10N5/c21-9-3-6(8-2-1-7(5-11(8)23)18(24,25)26)4-10(22)13(9)37-15(33)12-14(19(27,28)29)34-17(20(30,31)32)35-16(12)36-37/h1-5H,33H2. The first-order valence-corrected chi connectivity index (χ1v) is 10.2. The minimum Gasteiger partial charge on any atom is -0.383 e. The van der Waals surface area contributed by atoms with Crippen molar-refractivity contribution in [2.24, 2.45) is 0 Å². The molecule has 2 heterocycles. The molecule has 2 aromatic carbocycles. The molecule has 0 amide bonds. The summed E-state index contributed by atoms with van der Waals surface area (Å²) >= 11 is 12.3. The second-order valence-corrected chi connectivity index (χ2v) is 8.18. The van der Waals surface area contributed by atoms with Crippen LogP contribution in [-0.4, -0.2) is 19.7 Å². The van der Waals surface area contributed by atoms with E-state index >= 15 is 0 Å². The number of nitrogens with zero attached hydrogens (tertiary/aromatic N) is 4. The van der Waals surface area contributed by atoms with E-state index in [0.29, 0.717) is 10.7 Å². The second-order valence-electron chi connectivity index (χ2n) is 7.37. The number of nitrogens with two attached hydrogens (primary N) is 1. The van der Waals surface area contributed by atoms with Crippen LogP contribution in [0.25, 0.3) is 27.8 Å². The molecule has 0 aliphatic rings. The minimum atomic E-state index is -5.39. The number of hydrogen-bond donors (Lipinski definition) is 1. The van der Waals surface area contributed by atoms with Gasteiger partial charge < -0.3 is 5.73 Å². The zero-order valence-corrected chi connectivity index (χ0v) is 18.8. The van der Waals surface area contributed by atoms with Gasteiger partial charge in [0.25, 0.3) is 0 Å². The van der Waals surface area contributed by atoms with Gasteiger partial charge in [-0.05, 0) is 29.8 Å². The van der Waals surface area contributed by atoms with Gasteiger partial charge in [0.05, 0.1) is 21.0 Å². The molecular weight excluding hydrogens is 571 g/mol. The largest absolute Gasteiger partial charge is 0.451 e. The molecule has 2 aromatic heterocycles. The van der Waals surface area contributed by atoms with Crippen molar-refractivity contribution in [1.82, 2.24) is 19.7 Å². The monoisotopic (exact) mass is 577 g/mol. The number of benzene rings is 2. The van der Waals surface area contributed by atoms with Crippen LogP contribution in [0.2, 0.25) is 10.0 Å². The Morgan fingerprint density at radius 1 is 0.784 bits per heavy atom. The van der Waals surface area contributed by atoms with Gasteiger partial charge in [-0.25, -0.2) is 19.0 Å². The van der Waals surface area contributed by atoms with E-state index in [9.17, 15) is 43.9 Å². The smallest absolute Gasteiger partial charge is 0.383 e. The summed E-state index contributed by atoms with van der Waals surface area (Å²) in [6, 6.07) is 3.64. The van der Waals surface area contributed by atoms with Crippen LogP contribution >= 0.6 is 23.2 Å². The van der Waals surface area contributed by atoms with Crippen LogP contribution in [0.4, 0.5) is 49.7 Å². The molecule has 4 aromatic rings. The number of anilines is 1. The lowest BCUT2D eigenvalue weighted by Gasteiger charge is -2.13. The van der Waals surface area contributed by atoms with Crippen LogP contribution in [0.5, 0.6) is 0 Å². The van der Waals surface area contributed by atoms with Crippen LogP contribution in [-0.2, 0) is 18.5 Å². The van der Waals surface area contributed by atoms with Crippen LogP contribution < -0.4 is 5.73 Å². The van der Waals surface area contributed by atoms with Gasteiger partial charge in [0, 0.05) is 5.56 Å². The van der Waals surface area contributed by atoms with Crippen molar-refractivity contribution >= 4 is 40.1 Å². The Morgan fingerprint density at radius 2 is 1.38 bits per heavy atom. The van der Waals surface area contributed by atoms with E-state index in [1.165, 1.54) is 0 Å². The molecule has 0 radical (unpaired) electrons. The summed E-state index contributed by atoms with van der Waals surface area (Å²) < 4.78 is 133. The van der Waals surface area contributed by atoms with Crippen molar-refractivity contribution in [2.75, 3.05) is 5.73 Å². The number of fused-ring (bicyclic) bond motifs is 1. The summed E-state index contributed by atoms with van der Waals surface area (Å²) in [5, 5.41) is 1.66. The number of hydrogen-bond acceptors (Lipinski definition) is 4. The normalized spacial score (nSPS) is 13.0. The zero-order valence-electron chi connectivity index (χ0n) is 17.3. The summed E-state index contributed by atoms with van der Waals surface area (Å²) in [5.74, 6) is -4.28. The summed E-state index contributed by atoms with van der Waals surface area (Å²) in [6.45, 7) is 0. The molecule has 0 saturated heterocycles. The molecule has 0 atom stereocenters. The average Bonchev–Trinajstić information content (AvgIpc) is 3.06. The quantitative estimate of drug-likeness (QED) is 0.249. The van der Waals surface area contributed by atoms with Crippen molar-refractivity contribution in [3.8, 4) is 16.8 Å². The molecule has 4 rings (SSSR count). The summed E-state index contributed by atoms with van der Waals surface area (Å²) in [4.78, 5) is 5.58. The van der Waals surface area contributed by atoms with Crippen molar-refractivity contribution in [3.63, 3.8) is 0 Å². The molecule has 0 aliphatic carbocycles. The number of nitrogen functional groups attached to an aromatic ring is 1. The van der Waals surface area contributed by atoms with Crippen molar-refractivity contribution in [3.05, 3.63) is 63.3 Å². The van der Waals surface area contributed by atoms with E-state index < -0.39 is 74.0 Å². The fourth-order valence-corrected chi connectivity index (χ4v) is 4.01. The SMILES string of the molecule is Nc1c2c(C(F)(F)F)nc(C(F)(F)F)nc2nn1-c1c(Cl)cc(-c2ccc(C(F)(F)F)cc2F)cc1Cl. The number of rotatable bonds is 2. The molecule has 2 N–H and O–H groups in total. The Kier molecular flexibility index (Phi) is 6.22. The summed E-state index contributed by atoms with van der Waals surface area (Å²) in [7, 11) is 0. The van der Waals surface area contributed by atoms with E-state index in [2.05, 4.69) is 15.1 Å². The molecule has 0 aliphatic heterocycles. The van der Waals surface area contributed by atoms with Gasteiger partial charge in [-0.3, -0.25) is 0 Å². The molecule has 0 spiro atoms. The Hall–Kier alpha value is -3.33. The second kappa shape index (κ2) is 8.62. The maximum absolute atomic E-state index is 14.4. The van der Waals surface area contributed by atoms with Crippen LogP contribution in [0.15, 0.2) is 30.3 Å². The molecule has 0 bridgehead atoms. The minimum absolute atomic E-state index is 0.129. The van der Waals surface area contributed by atoms with Crippen LogP contribution in [0.1, 0.15) is 17.1 Å². The topological polar surface area (TPSA) is 69.6 Å². The predicted octanol–water partition coefficient (Wildman–Crippen LogP) is 7.57. The van der Waals surface area contributed by atoms with Crippen molar-refractivity contribution in [1.29, 1.82) is 0 Å². The number of alkyl halides is 9. The summed E-state index contributed by atoms with van der Waals surface area (Å²) in [5.41, 5.74) is 0.496. The fourth-order valence-electron chi connectivity index (χ4n) is 3.36. The van der Waals surface area contributed by atoms with Gasteiger partial charge in [-0.15, -0.1) is 5.10 Å². The molecule has 0 saturated carbocycles. The first-order valence-electron chi connectivity index (χ1n) is 9.46. The van der Waals surface area contributed by atoms with Gasteiger partial charge in [-0.2, -0.15) is 39.5 Å². The fraction of sp³-hybridized carbons (Fsp3) is 0.150. The molecule has 5 nitrogen and oxygen atoms in total. The van der Waals surface area contributed by atoms with E-state index in [1.807, 2.05) is 0 Å². The van der Waals surface area contributed by atoms with Gasteiger partial charge in [0.2, 0.25) is 5.82 Å². The molecule has 196 valence electrons. The van der Waals surface area contributed by atoms with Crippen LogP contribution in [0.3, 0.4) is 0 Å². The lowest BCUT2D eigenvalue weighted by molar-refractivity contribution is -0.151. The lowest BCUT2D eigenvalue weighted by atomic mass is 10.0. The first-order chi connectivity index (χ1) is 16.9. The predicted molar refractivity (Wildman–Crippen MR) is 111 cm³/mol. The third kappa shape index (κ3) is 4.84. The maximum atomic E-state index is 14.4. The van der Waals surface area contributed by atoms with Crippen LogP contribution in [0, 0.1) is 5.82 Å². The molecular formula is C20H7Cl2F10N5. The van der Waals surface area contributed by atoms with Gasteiger partial charge >= 0.3 is 18.5 Å². The Morgan fingerprint density at radius 3 is 1.86 bits per heavy atom. The highest BCUT2D eigenvalue weighted by atomic mass is 35.5. The van der Waals surface area contributed by atoms with E-state index in [4.69, 9.17) is 28.9 Å². The molecule has 0 unspecified atom stereocenters. The third-order valence-corrected chi connectivity index (χ3v) is 5.50. The summed E-state index contributed by atoms with van der Waals surface area (Å²) in [6.07, 6.45) is -15.6. The Bertz CT molecular complexity index is 1520. The molecule has 17 heteroatoms. The van der Waals surface area contributed by atoms with E-state index in [-0.39, 0.29) is 17.2 Å². The third-order valence-electron chi connectivity index (χ3n) is 4.93. The lowest BCUT2D eigenvalue weighted by Crippen LogP contribution is -2.17. The maximum Gasteiger partial charge on any atom is 0.451 e. The van der Waals surface area contributed by atoms with E-state index in [0.717, 1.165) is 18.2 Å². The van der Waals surface area contributed by atoms with Gasteiger partial charge in [0.1, 0.15) is 17.3 Å². The Balaban J connectivity index is 1.91. The van der Waals surface area contributed by atoms with Crippen molar-refractivity contribution < 1.29 is 43.9 Å². The highest BCUT2D eigenvalue weighted by molar-refractivity contribution is 6.38. The molecule has 0 fully saturated rings. The number of halogens is 12. The zero-order chi connectivity index (χ0) is 27.7. The number of aromatic nitrogens is 4. The highest BCUT2D eigenvalue weighted by Crippen LogP contribution is 2.42. The first kappa shape index (κ1) is 26.7. The van der Waals surface area contributed by atoms with Gasteiger partial charge in [0.15, 0.2) is 11.3 Å².